The molecule has 0 saturated heterocycles. The number of sulfone groups is 2. The third kappa shape index (κ3) is 4.11. The fourth-order valence-corrected chi connectivity index (χ4v) is 6.42. The van der Waals surface area contributed by atoms with E-state index in [-0.39, 0.29) is 33.2 Å². The van der Waals surface area contributed by atoms with E-state index in [1.54, 1.807) is 0 Å². The molecule has 2 aliphatic rings. The maximum absolute atomic E-state index is 13.3. The van der Waals surface area contributed by atoms with Gasteiger partial charge in [-0.15, -0.1) is 0 Å². The predicted octanol–water partition coefficient (Wildman–Crippen LogP) is 3.22. The van der Waals surface area contributed by atoms with Crippen LogP contribution in [-0.4, -0.2) is 40.9 Å². The number of benzene rings is 2. The van der Waals surface area contributed by atoms with Gasteiger partial charge in [0.15, 0.2) is 31.2 Å². The molecule has 0 heterocycles. The molecule has 6 nitrogen and oxygen atoms in total. The second-order valence-electron chi connectivity index (χ2n) is 8.71. The van der Waals surface area contributed by atoms with Crippen LogP contribution in [0.4, 0.5) is 0 Å². The van der Waals surface area contributed by atoms with E-state index in [9.17, 15) is 26.4 Å². The van der Waals surface area contributed by atoms with Crippen molar-refractivity contribution < 1.29 is 26.4 Å². The topological polar surface area (TPSA) is 102 Å². The van der Waals surface area contributed by atoms with Gasteiger partial charge in [-0.25, -0.2) is 16.8 Å². The van der Waals surface area contributed by atoms with Crippen molar-refractivity contribution in [3.05, 3.63) is 59.7 Å². The lowest BCUT2D eigenvalue weighted by Gasteiger charge is -2.29. The molecule has 4 rings (SSSR count). The van der Waals surface area contributed by atoms with Crippen molar-refractivity contribution in [2.24, 2.45) is 23.7 Å². The minimum absolute atomic E-state index is 0.127. The summed E-state index contributed by atoms with van der Waals surface area (Å²) < 4.78 is 46.8. The van der Waals surface area contributed by atoms with Crippen LogP contribution < -0.4 is 0 Å². The average Bonchev–Trinajstić information content (AvgIpc) is 3.33. The van der Waals surface area contributed by atoms with Gasteiger partial charge in [0.25, 0.3) is 0 Å². The molecule has 2 aromatic carbocycles. The van der Waals surface area contributed by atoms with E-state index in [2.05, 4.69) is 0 Å². The van der Waals surface area contributed by atoms with Crippen LogP contribution in [-0.2, 0) is 19.7 Å². The summed E-state index contributed by atoms with van der Waals surface area (Å²) >= 11 is 0. The number of carbonyl (C=O) groups is 2. The number of Topliss-reactive ketones (excluding diaryl/α,β-unsaturated/α-hetero) is 2. The van der Waals surface area contributed by atoms with Crippen LogP contribution >= 0.6 is 0 Å². The van der Waals surface area contributed by atoms with E-state index in [1.165, 1.54) is 48.5 Å². The van der Waals surface area contributed by atoms with Crippen LogP contribution in [0.1, 0.15) is 40.0 Å². The first kappa shape index (κ1) is 21.9. The Kier molecular flexibility index (Phi) is 5.42. The molecule has 31 heavy (non-hydrogen) atoms. The summed E-state index contributed by atoms with van der Waals surface area (Å²) in [7, 11) is -6.71. The summed E-state index contributed by atoms with van der Waals surface area (Å²) in [6.07, 6.45) is 4.86. The van der Waals surface area contributed by atoms with E-state index < -0.39 is 31.5 Å². The van der Waals surface area contributed by atoms with Crippen molar-refractivity contribution in [1.29, 1.82) is 0 Å². The molecule has 2 fully saturated rings. The van der Waals surface area contributed by atoms with Crippen LogP contribution in [0.15, 0.2) is 58.3 Å². The zero-order chi connectivity index (χ0) is 22.6. The molecule has 164 valence electrons. The van der Waals surface area contributed by atoms with Crippen LogP contribution in [0.2, 0.25) is 0 Å². The minimum Gasteiger partial charge on any atom is -0.294 e. The summed E-state index contributed by atoms with van der Waals surface area (Å²) in [5.74, 6) is -0.862. The molecule has 4 atom stereocenters. The second-order valence-corrected chi connectivity index (χ2v) is 12.7. The quantitative estimate of drug-likeness (QED) is 0.614. The summed E-state index contributed by atoms with van der Waals surface area (Å²) in [5, 5.41) is 0. The highest BCUT2D eigenvalue weighted by atomic mass is 32.2. The van der Waals surface area contributed by atoms with Crippen molar-refractivity contribution >= 4 is 31.2 Å². The van der Waals surface area contributed by atoms with Gasteiger partial charge in [0.1, 0.15) is 0 Å². The van der Waals surface area contributed by atoms with E-state index in [0.717, 1.165) is 31.8 Å². The molecule has 0 spiro atoms. The van der Waals surface area contributed by atoms with Gasteiger partial charge in [-0.05, 0) is 55.4 Å². The fraction of sp³-hybridized carbons (Fsp3) is 0.391. The van der Waals surface area contributed by atoms with Gasteiger partial charge < -0.3 is 0 Å². The summed E-state index contributed by atoms with van der Waals surface area (Å²) in [6.45, 7) is 0. The minimum atomic E-state index is -3.36. The molecule has 0 amide bonds. The Balaban J connectivity index is 1.63. The van der Waals surface area contributed by atoms with Crippen molar-refractivity contribution in [3.8, 4) is 0 Å². The molecule has 0 aromatic heterocycles. The average molecular weight is 461 g/mol. The van der Waals surface area contributed by atoms with E-state index in [1.807, 2.05) is 0 Å². The Morgan fingerprint density at radius 3 is 1.26 bits per heavy atom. The highest BCUT2D eigenvalue weighted by molar-refractivity contribution is 7.91. The van der Waals surface area contributed by atoms with Crippen molar-refractivity contribution in [2.45, 2.75) is 29.1 Å². The van der Waals surface area contributed by atoms with E-state index >= 15 is 0 Å². The number of rotatable bonds is 6. The molecular formula is C23H24O6S2. The van der Waals surface area contributed by atoms with Crippen LogP contribution in [0.25, 0.3) is 0 Å². The summed E-state index contributed by atoms with van der Waals surface area (Å²) in [4.78, 5) is 27.0. The Labute approximate surface area is 182 Å². The summed E-state index contributed by atoms with van der Waals surface area (Å²) in [5.41, 5.74) is 0.824. The van der Waals surface area contributed by atoms with Gasteiger partial charge in [0, 0.05) is 35.5 Å². The zero-order valence-electron chi connectivity index (χ0n) is 17.3. The van der Waals surface area contributed by atoms with Gasteiger partial charge in [-0.3, -0.25) is 9.59 Å². The largest absolute Gasteiger partial charge is 0.294 e. The Morgan fingerprint density at radius 2 is 0.968 bits per heavy atom. The van der Waals surface area contributed by atoms with Gasteiger partial charge in [0.05, 0.1) is 9.79 Å². The first-order chi connectivity index (χ1) is 14.5. The van der Waals surface area contributed by atoms with Gasteiger partial charge in [-0.1, -0.05) is 24.3 Å². The highest BCUT2D eigenvalue weighted by Crippen LogP contribution is 2.54. The Morgan fingerprint density at radius 1 is 0.645 bits per heavy atom. The smallest absolute Gasteiger partial charge is 0.175 e. The summed E-state index contributed by atoms with van der Waals surface area (Å²) in [6, 6.07) is 11.8. The number of carbonyl (C=O) groups excluding carboxylic acids is 2. The van der Waals surface area contributed by atoms with E-state index in [0.29, 0.717) is 11.1 Å². The highest BCUT2D eigenvalue weighted by Gasteiger charge is 2.53. The van der Waals surface area contributed by atoms with Gasteiger partial charge in [-0.2, -0.15) is 0 Å². The molecule has 2 aromatic rings. The molecule has 0 aliphatic heterocycles. The lowest BCUT2D eigenvalue weighted by Crippen LogP contribution is -2.35. The van der Waals surface area contributed by atoms with Crippen molar-refractivity contribution in [2.75, 3.05) is 12.5 Å². The first-order valence-corrected chi connectivity index (χ1v) is 13.9. The lowest BCUT2D eigenvalue weighted by atomic mass is 9.72. The molecule has 0 N–H and O–H groups in total. The first-order valence-electron chi connectivity index (χ1n) is 10.2. The molecule has 4 unspecified atom stereocenters. The van der Waals surface area contributed by atoms with Gasteiger partial charge in [0.2, 0.25) is 0 Å². The third-order valence-electron chi connectivity index (χ3n) is 6.66. The fourth-order valence-electron chi connectivity index (χ4n) is 5.16. The molecule has 2 saturated carbocycles. The predicted molar refractivity (Wildman–Crippen MR) is 116 cm³/mol. The number of fused-ring (bicyclic) bond motifs is 2. The lowest BCUT2D eigenvalue weighted by molar-refractivity contribution is 0.0694. The van der Waals surface area contributed by atoms with Gasteiger partial charge >= 0.3 is 0 Å². The third-order valence-corrected chi connectivity index (χ3v) is 8.91. The van der Waals surface area contributed by atoms with Crippen LogP contribution in [0.3, 0.4) is 0 Å². The molecule has 2 aliphatic carbocycles. The molecule has 8 heteroatoms. The molecular weight excluding hydrogens is 436 g/mol. The SMILES string of the molecule is CS(=O)(=O)c1ccc(C(=O)C2C3CCC(C3)C2C(=O)c2ccc(S(C)(=O)=O)cc2)cc1. The molecule has 2 bridgehead atoms. The maximum Gasteiger partial charge on any atom is 0.175 e. The standard InChI is InChI=1S/C23H24O6S2/c1-30(26,27)18-9-5-14(6-10-18)22(24)20-16-3-4-17(13-16)21(20)23(25)15-7-11-19(12-8-15)31(2,28)29/h5-12,16-17,20-21H,3-4,13H2,1-2H3. The van der Waals surface area contributed by atoms with Crippen molar-refractivity contribution in [1.82, 2.24) is 0 Å². The number of hydrogen-bond acceptors (Lipinski definition) is 6. The van der Waals surface area contributed by atoms with Crippen molar-refractivity contribution in [3.63, 3.8) is 0 Å². The molecule has 0 radical (unpaired) electrons. The normalized spacial score (nSPS) is 25.5. The maximum atomic E-state index is 13.3. The second kappa shape index (κ2) is 7.67. The van der Waals surface area contributed by atoms with Crippen LogP contribution in [0, 0.1) is 23.7 Å². The Hall–Kier alpha value is -2.32. The monoisotopic (exact) mass is 460 g/mol. The Bertz CT molecular complexity index is 1140. The number of hydrogen-bond donors (Lipinski definition) is 0. The van der Waals surface area contributed by atoms with E-state index in [4.69, 9.17) is 0 Å². The number of ketones is 2. The zero-order valence-corrected chi connectivity index (χ0v) is 18.9. The van der Waals surface area contributed by atoms with Crippen LogP contribution in [0.5, 0.6) is 0 Å².